The van der Waals surface area contributed by atoms with E-state index in [0.717, 1.165) is 4.90 Å². The number of halogens is 5. The summed E-state index contributed by atoms with van der Waals surface area (Å²) in [5.41, 5.74) is -0.000480. The Hall–Kier alpha value is -3.22. The number of carbonyl (C=O) groups excluding carboxylic acids is 1. The number of para-hydroxylation sites is 1. The van der Waals surface area contributed by atoms with Crippen LogP contribution in [0.5, 0.6) is 0 Å². The zero-order valence-corrected chi connectivity index (χ0v) is 14.2. The molecule has 2 nitrogen and oxygen atoms in total. The molecule has 1 aliphatic heterocycles. The van der Waals surface area contributed by atoms with Gasteiger partial charge >= 0.3 is 0 Å². The van der Waals surface area contributed by atoms with E-state index in [1.54, 1.807) is 36.4 Å². The lowest BCUT2D eigenvalue weighted by Crippen LogP contribution is -2.42. The molecule has 0 fully saturated rings. The molecule has 1 amide bonds. The number of carbonyl (C=O) groups is 1. The minimum absolute atomic E-state index is 0.0586. The fourth-order valence-corrected chi connectivity index (χ4v) is 3.52. The molecule has 0 N–H and O–H groups in total. The topological polar surface area (TPSA) is 20.3 Å². The Labute approximate surface area is 156 Å². The van der Waals surface area contributed by atoms with E-state index in [1.807, 2.05) is 0 Å². The number of nitrogens with zero attached hydrogens (tertiary/aromatic N) is 1. The maximum Gasteiger partial charge on any atom is 0.232 e. The van der Waals surface area contributed by atoms with Crippen LogP contribution < -0.4 is 4.90 Å². The van der Waals surface area contributed by atoms with Crippen LogP contribution in [0.4, 0.5) is 27.6 Å². The normalized spacial score (nSPS) is 16.2. The van der Waals surface area contributed by atoms with E-state index < -0.39 is 46.6 Å². The lowest BCUT2D eigenvalue weighted by molar-refractivity contribution is -0.118. The second-order valence-electron chi connectivity index (χ2n) is 6.36. The first-order chi connectivity index (χ1) is 13.4. The van der Waals surface area contributed by atoms with Crippen molar-refractivity contribution in [3.05, 3.63) is 100 Å². The van der Waals surface area contributed by atoms with E-state index in [-0.39, 0.29) is 12.1 Å². The summed E-state index contributed by atoms with van der Waals surface area (Å²) >= 11 is 0. The zero-order chi connectivity index (χ0) is 20.0. The average molecular weight is 389 g/mol. The summed E-state index contributed by atoms with van der Waals surface area (Å²) in [7, 11) is 0. The van der Waals surface area contributed by atoms with Gasteiger partial charge in [0.2, 0.25) is 11.7 Å². The third-order valence-corrected chi connectivity index (χ3v) is 4.77. The highest BCUT2D eigenvalue weighted by atomic mass is 19.2. The average Bonchev–Trinajstić information content (AvgIpc) is 2.71. The van der Waals surface area contributed by atoms with Gasteiger partial charge in [0.25, 0.3) is 0 Å². The summed E-state index contributed by atoms with van der Waals surface area (Å²) < 4.78 is 70.6. The Morgan fingerprint density at radius 3 is 1.89 bits per heavy atom. The van der Waals surface area contributed by atoms with Gasteiger partial charge in [-0.25, -0.2) is 22.0 Å². The molecule has 0 aliphatic carbocycles. The molecule has 4 rings (SSSR count). The molecule has 3 aromatic carbocycles. The molecular formula is C21H12F5NO. The van der Waals surface area contributed by atoms with E-state index in [1.165, 1.54) is 18.2 Å². The van der Waals surface area contributed by atoms with Gasteiger partial charge in [0.1, 0.15) is 0 Å². The van der Waals surface area contributed by atoms with Gasteiger partial charge in [0.05, 0.1) is 18.0 Å². The monoisotopic (exact) mass is 389 g/mol. The molecule has 1 heterocycles. The molecule has 0 saturated heterocycles. The number of rotatable bonds is 2. The Morgan fingerprint density at radius 1 is 0.714 bits per heavy atom. The van der Waals surface area contributed by atoms with Crippen LogP contribution in [0, 0.1) is 29.1 Å². The molecule has 0 spiro atoms. The van der Waals surface area contributed by atoms with Crippen molar-refractivity contribution in [2.45, 2.75) is 12.5 Å². The van der Waals surface area contributed by atoms with Gasteiger partial charge in [0.15, 0.2) is 23.3 Å². The van der Waals surface area contributed by atoms with Gasteiger partial charge in [0, 0.05) is 5.69 Å². The van der Waals surface area contributed by atoms with Crippen LogP contribution in [-0.2, 0) is 11.2 Å². The van der Waals surface area contributed by atoms with Crippen LogP contribution >= 0.6 is 0 Å². The fraction of sp³-hybridized carbons (Fsp3) is 0.0952. The van der Waals surface area contributed by atoms with Gasteiger partial charge < -0.3 is 4.90 Å². The van der Waals surface area contributed by atoms with Crippen molar-refractivity contribution < 1.29 is 26.7 Å². The van der Waals surface area contributed by atoms with E-state index in [0.29, 0.717) is 11.1 Å². The standard InChI is InChI=1S/C21H12F5NO/c22-16-15(17(23)19(25)20(26)18(16)24)21-13-9-5-4-6-11(13)10-14(28)27(21)12-7-2-1-3-8-12/h1-9,21H,10H2. The first kappa shape index (κ1) is 18.2. The van der Waals surface area contributed by atoms with Gasteiger partial charge in [-0.3, -0.25) is 4.79 Å². The number of benzene rings is 3. The number of fused-ring (bicyclic) bond motifs is 1. The largest absolute Gasteiger partial charge is 0.300 e. The van der Waals surface area contributed by atoms with Crippen LogP contribution in [0.3, 0.4) is 0 Å². The van der Waals surface area contributed by atoms with Gasteiger partial charge in [-0.15, -0.1) is 0 Å². The predicted molar refractivity (Wildman–Crippen MR) is 92.1 cm³/mol. The first-order valence-corrected chi connectivity index (χ1v) is 8.38. The highest BCUT2D eigenvalue weighted by Crippen LogP contribution is 2.42. The fourth-order valence-electron chi connectivity index (χ4n) is 3.52. The molecule has 3 aromatic rings. The van der Waals surface area contributed by atoms with Crippen molar-refractivity contribution in [3.63, 3.8) is 0 Å². The Balaban J connectivity index is 2.05. The van der Waals surface area contributed by atoms with Crippen molar-refractivity contribution in [1.82, 2.24) is 0 Å². The van der Waals surface area contributed by atoms with Crippen molar-refractivity contribution in [1.29, 1.82) is 0 Å². The molecular weight excluding hydrogens is 377 g/mol. The smallest absolute Gasteiger partial charge is 0.232 e. The molecule has 142 valence electrons. The molecule has 28 heavy (non-hydrogen) atoms. The lowest BCUT2D eigenvalue weighted by Gasteiger charge is -2.38. The van der Waals surface area contributed by atoms with E-state index in [2.05, 4.69) is 0 Å². The molecule has 0 bridgehead atoms. The molecule has 0 radical (unpaired) electrons. The number of amides is 1. The zero-order valence-electron chi connectivity index (χ0n) is 14.2. The van der Waals surface area contributed by atoms with E-state index in [9.17, 15) is 26.7 Å². The Morgan fingerprint density at radius 2 is 1.25 bits per heavy atom. The molecule has 7 heteroatoms. The Kier molecular flexibility index (Phi) is 4.37. The predicted octanol–water partition coefficient (Wildman–Crippen LogP) is 5.06. The van der Waals surface area contributed by atoms with Crippen molar-refractivity contribution in [2.24, 2.45) is 0 Å². The van der Waals surface area contributed by atoms with E-state index in [4.69, 9.17) is 0 Å². The summed E-state index contributed by atoms with van der Waals surface area (Å²) in [5.74, 6) is -10.7. The maximum atomic E-state index is 14.6. The molecule has 0 saturated carbocycles. The van der Waals surface area contributed by atoms with Crippen LogP contribution in [-0.4, -0.2) is 5.91 Å². The summed E-state index contributed by atoms with van der Waals surface area (Å²) in [6.45, 7) is 0. The minimum atomic E-state index is -2.24. The first-order valence-electron chi connectivity index (χ1n) is 8.38. The van der Waals surface area contributed by atoms with E-state index >= 15 is 0 Å². The Bertz CT molecular complexity index is 1050. The van der Waals surface area contributed by atoms with Gasteiger partial charge in [-0.05, 0) is 23.3 Å². The minimum Gasteiger partial charge on any atom is -0.300 e. The van der Waals surface area contributed by atoms with Crippen LogP contribution in [0.2, 0.25) is 0 Å². The summed E-state index contributed by atoms with van der Waals surface area (Å²) in [6.07, 6.45) is -0.0586. The number of hydrogen-bond donors (Lipinski definition) is 0. The second kappa shape index (κ2) is 6.74. The lowest BCUT2D eigenvalue weighted by atomic mass is 9.86. The third-order valence-electron chi connectivity index (χ3n) is 4.77. The quantitative estimate of drug-likeness (QED) is 0.341. The van der Waals surface area contributed by atoms with Crippen LogP contribution in [0.25, 0.3) is 0 Å². The van der Waals surface area contributed by atoms with Gasteiger partial charge in [-0.2, -0.15) is 0 Å². The van der Waals surface area contributed by atoms with Gasteiger partial charge in [-0.1, -0.05) is 42.5 Å². The number of hydrogen-bond acceptors (Lipinski definition) is 1. The highest BCUT2D eigenvalue weighted by Gasteiger charge is 2.40. The summed E-state index contributed by atoms with van der Waals surface area (Å²) in [4.78, 5) is 13.9. The molecule has 0 aromatic heterocycles. The highest BCUT2D eigenvalue weighted by molar-refractivity contribution is 5.98. The summed E-state index contributed by atoms with van der Waals surface area (Å²) in [5, 5.41) is 0. The maximum absolute atomic E-state index is 14.6. The molecule has 1 atom stereocenters. The SMILES string of the molecule is O=C1Cc2ccccc2C(c2c(F)c(F)c(F)c(F)c2F)N1c1ccccc1. The molecule has 1 aliphatic rings. The number of anilines is 1. The molecule has 1 unspecified atom stereocenters. The summed E-state index contributed by atoms with van der Waals surface area (Å²) in [6, 6.07) is 12.8. The third kappa shape index (κ3) is 2.66. The van der Waals surface area contributed by atoms with Crippen LogP contribution in [0.15, 0.2) is 54.6 Å². The van der Waals surface area contributed by atoms with Crippen molar-refractivity contribution in [2.75, 3.05) is 4.90 Å². The van der Waals surface area contributed by atoms with Crippen LogP contribution in [0.1, 0.15) is 22.7 Å². The van der Waals surface area contributed by atoms with Crippen molar-refractivity contribution in [3.8, 4) is 0 Å². The van der Waals surface area contributed by atoms with Crippen molar-refractivity contribution >= 4 is 11.6 Å². The second-order valence-corrected chi connectivity index (χ2v) is 6.36.